The average Bonchev–Trinajstić information content (AvgIpc) is 3.05. The van der Waals surface area contributed by atoms with Gasteiger partial charge < -0.3 is 10.1 Å². The summed E-state index contributed by atoms with van der Waals surface area (Å²) in [6.07, 6.45) is 4.51. The van der Waals surface area contributed by atoms with Crippen LogP contribution in [0.15, 0.2) is 29.2 Å². The van der Waals surface area contributed by atoms with Crippen molar-refractivity contribution >= 4 is 44.3 Å². The first kappa shape index (κ1) is 29.2. The maximum atomic E-state index is 13.2. The van der Waals surface area contributed by atoms with E-state index in [1.807, 2.05) is 0 Å². The number of thiophene rings is 1. The zero-order chi connectivity index (χ0) is 28.0. The second kappa shape index (κ2) is 13.0. The highest BCUT2D eigenvalue weighted by Crippen LogP contribution is 2.37. The number of carbonyl (C=O) groups is 3. The number of nitrogens with zero attached hydrogens (tertiary/aromatic N) is 2. The molecule has 0 spiro atoms. The highest BCUT2D eigenvalue weighted by atomic mass is 32.2. The zero-order valence-corrected chi connectivity index (χ0v) is 24.1. The van der Waals surface area contributed by atoms with Crippen LogP contribution in [0, 0.1) is 0 Å². The molecule has 1 aromatic carbocycles. The monoisotopic (exact) mass is 576 g/mol. The van der Waals surface area contributed by atoms with Crippen molar-refractivity contribution in [2.45, 2.75) is 63.8 Å². The van der Waals surface area contributed by atoms with E-state index in [4.69, 9.17) is 4.74 Å². The summed E-state index contributed by atoms with van der Waals surface area (Å²) in [5, 5.41) is 5.44. The van der Waals surface area contributed by atoms with Crippen molar-refractivity contribution in [3.63, 3.8) is 0 Å². The first-order valence-corrected chi connectivity index (χ1v) is 15.8. The maximum Gasteiger partial charge on any atom is 0.414 e. The van der Waals surface area contributed by atoms with Crippen LogP contribution in [0.2, 0.25) is 0 Å². The van der Waals surface area contributed by atoms with E-state index in [-0.39, 0.29) is 22.6 Å². The summed E-state index contributed by atoms with van der Waals surface area (Å²) in [6.45, 7) is 7.24. The second-order valence-electron chi connectivity index (χ2n) is 9.71. The van der Waals surface area contributed by atoms with E-state index >= 15 is 0 Å². The SMILES string of the molecule is CCCN1CCc2c(sc(NC(=O)c3ccc(S(=O)(=O)N4CCCCCC4)cc3)c2C(=O)NC(=O)OCC)C1. The Morgan fingerprint density at radius 2 is 1.67 bits per heavy atom. The molecule has 1 saturated heterocycles. The number of carbonyl (C=O) groups excluding carboxylic acids is 3. The number of sulfonamides is 1. The normalized spacial score (nSPS) is 16.7. The molecule has 0 atom stereocenters. The molecule has 212 valence electrons. The highest BCUT2D eigenvalue weighted by molar-refractivity contribution is 7.89. The summed E-state index contributed by atoms with van der Waals surface area (Å²) in [7, 11) is -3.63. The van der Waals surface area contributed by atoms with Gasteiger partial charge in [-0.15, -0.1) is 11.3 Å². The van der Waals surface area contributed by atoms with Crippen molar-refractivity contribution < 1.29 is 27.5 Å². The Bertz CT molecular complexity index is 1300. The number of fused-ring (bicyclic) bond motifs is 1. The number of alkyl carbamates (subject to hydrolysis) is 1. The number of nitrogens with one attached hydrogen (secondary N) is 2. The minimum atomic E-state index is -3.63. The summed E-state index contributed by atoms with van der Waals surface area (Å²) >= 11 is 1.32. The zero-order valence-electron chi connectivity index (χ0n) is 22.5. The van der Waals surface area contributed by atoms with E-state index < -0.39 is 27.9 Å². The lowest BCUT2D eigenvalue weighted by atomic mass is 10.0. The molecule has 2 N–H and O–H groups in total. The topological polar surface area (TPSA) is 125 Å². The highest BCUT2D eigenvalue weighted by Gasteiger charge is 2.30. The number of hydrogen-bond acceptors (Lipinski definition) is 8. The first-order chi connectivity index (χ1) is 18.7. The number of rotatable bonds is 8. The fraction of sp³-hybridized carbons (Fsp3) is 0.519. The summed E-state index contributed by atoms with van der Waals surface area (Å²) in [6, 6.07) is 5.86. The third-order valence-corrected chi connectivity index (χ3v) is 9.99. The lowest BCUT2D eigenvalue weighted by molar-refractivity contribution is 0.0924. The predicted octanol–water partition coefficient (Wildman–Crippen LogP) is 4.22. The number of benzene rings is 1. The summed E-state index contributed by atoms with van der Waals surface area (Å²) in [5.41, 5.74) is 1.36. The third kappa shape index (κ3) is 6.86. The number of amides is 3. The number of anilines is 1. The van der Waals surface area contributed by atoms with Gasteiger partial charge in [0.2, 0.25) is 10.0 Å². The molecule has 0 saturated carbocycles. The molecular weight excluding hydrogens is 540 g/mol. The van der Waals surface area contributed by atoms with Crippen molar-refractivity contribution in [2.24, 2.45) is 0 Å². The fourth-order valence-corrected chi connectivity index (χ4v) is 7.80. The lowest BCUT2D eigenvalue weighted by Crippen LogP contribution is -2.34. The average molecular weight is 577 g/mol. The van der Waals surface area contributed by atoms with E-state index in [1.54, 1.807) is 6.92 Å². The van der Waals surface area contributed by atoms with Crippen molar-refractivity contribution in [3.8, 4) is 0 Å². The first-order valence-electron chi connectivity index (χ1n) is 13.5. The fourth-order valence-electron chi connectivity index (χ4n) is 5.00. The van der Waals surface area contributed by atoms with Crippen LogP contribution in [0.25, 0.3) is 0 Å². The van der Waals surface area contributed by atoms with Crippen LogP contribution in [0.4, 0.5) is 9.80 Å². The van der Waals surface area contributed by atoms with Gasteiger partial charge in [0.05, 0.1) is 17.1 Å². The molecule has 0 bridgehead atoms. The van der Waals surface area contributed by atoms with Crippen LogP contribution in [0.5, 0.6) is 0 Å². The van der Waals surface area contributed by atoms with Gasteiger partial charge in [-0.05, 0) is 69.0 Å². The van der Waals surface area contributed by atoms with Gasteiger partial charge in [-0.1, -0.05) is 19.8 Å². The van der Waals surface area contributed by atoms with Crippen LogP contribution in [0.3, 0.4) is 0 Å². The van der Waals surface area contributed by atoms with E-state index in [1.165, 1.54) is 39.9 Å². The molecule has 39 heavy (non-hydrogen) atoms. The summed E-state index contributed by atoms with van der Waals surface area (Å²) in [5.74, 6) is -1.09. The molecule has 12 heteroatoms. The quantitative estimate of drug-likeness (QED) is 0.482. The smallest absolute Gasteiger partial charge is 0.414 e. The number of imide groups is 1. The van der Waals surface area contributed by atoms with E-state index in [0.717, 1.165) is 55.6 Å². The molecule has 3 heterocycles. The van der Waals surface area contributed by atoms with Crippen LogP contribution >= 0.6 is 11.3 Å². The van der Waals surface area contributed by atoms with E-state index in [0.29, 0.717) is 31.1 Å². The van der Waals surface area contributed by atoms with Gasteiger partial charge in [-0.3, -0.25) is 19.8 Å². The molecule has 0 unspecified atom stereocenters. The molecule has 2 aliphatic heterocycles. The Kier molecular flexibility index (Phi) is 9.76. The Hall–Kier alpha value is -2.80. The van der Waals surface area contributed by atoms with Crippen molar-refractivity contribution in [3.05, 3.63) is 45.8 Å². The second-order valence-corrected chi connectivity index (χ2v) is 12.7. The maximum absolute atomic E-state index is 13.2. The minimum absolute atomic E-state index is 0.125. The molecule has 1 aromatic heterocycles. The largest absolute Gasteiger partial charge is 0.450 e. The van der Waals surface area contributed by atoms with Gasteiger partial charge in [-0.25, -0.2) is 13.2 Å². The Balaban J connectivity index is 1.56. The third-order valence-electron chi connectivity index (χ3n) is 6.94. The molecule has 2 aromatic rings. The summed E-state index contributed by atoms with van der Waals surface area (Å²) in [4.78, 5) is 41.7. The number of hydrogen-bond donors (Lipinski definition) is 2. The number of ether oxygens (including phenoxy) is 1. The van der Waals surface area contributed by atoms with Crippen LogP contribution in [-0.4, -0.2) is 68.3 Å². The predicted molar refractivity (Wildman–Crippen MR) is 150 cm³/mol. The molecule has 3 amide bonds. The van der Waals surface area contributed by atoms with Gasteiger partial charge in [0.15, 0.2) is 0 Å². The van der Waals surface area contributed by atoms with Crippen LogP contribution < -0.4 is 10.6 Å². The molecule has 2 aliphatic rings. The molecule has 1 fully saturated rings. The van der Waals surface area contributed by atoms with E-state index in [2.05, 4.69) is 22.5 Å². The van der Waals surface area contributed by atoms with Crippen LogP contribution in [-0.2, 0) is 27.7 Å². The van der Waals surface area contributed by atoms with E-state index in [9.17, 15) is 22.8 Å². The van der Waals surface area contributed by atoms with Crippen LogP contribution in [0.1, 0.15) is 77.1 Å². The molecule has 0 radical (unpaired) electrons. The lowest BCUT2D eigenvalue weighted by Gasteiger charge is -2.26. The van der Waals surface area contributed by atoms with Gasteiger partial charge >= 0.3 is 6.09 Å². The van der Waals surface area contributed by atoms with Crippen molar-refractivity contribution in [1.29, 1.82) is 0 Å². The molecule has 4 rings (SSSR count). The van der Waals surface area contributed by atoms with Gasteiger partial charge in [0, 0.05) is 36.6 Å². The summed E-state index contributed by atoms with van der Waals surface area (Å²) < 4.78 is 32.6. The Morgan fingerprint density at radius 3 is 2.31 bits per heavy atom. The molecule has 0 aliphatic carbocycles. The Morgan fingerprint density at radius 1 is 0.974 bits per heavy atom. The minimum Gasteiger partial charge on any atom is -0.450 e. The Labute approximate surface area is 233 Å². The van der Waals surface area contributed by atoms with Gasteiger partial charge in [-0.2, -0.15) is 4.31 Å². The van der Waals surface area contributed by atoms with Crippen molar-refractivity contribution in [2.75, 3.05) is 38.1 Å². The van der Waals surface area contributed by atoms with Gasteiger partial charge in [0.25, 0.3) is 11.8 Å². The molecular formula is C27H36N4O6S2. The standard InChI is InChI=1S/C27H36N4O6S2/c1-3-14-30-17-13-21-22(18-30)38-26(23(21)25(33)29-27(34)37-4-2)28-24(32)19-9-11-20(12-10-19)39(35,36)31-15-7-5-6-8-16-31/h9-12H,3-8,13-18H2,1-2H3,(H,28,32)(H,29,33,34). The van der Waals surface area contributed by atoms with Crippen molar-refractivity contribution in [1.82, 2.24) is 14.5 Å². The van der Waals surface area contributed by atoms with Gasteiger partial charge in [0.1, 0.15) is 5.00 Å². The molecule has 10 nitrogen and oxygen atoms in total.